The molecule has 1 saturated heterocycles. The second-order valence-corrected chi connectivity index (χ2v) is 4.73. The first-order valence-corrected chi connectivity index (χ1v) is 6.00. The summed E-state index contributed by atoms with van der Waals surface area (Å²) in [6.07, 6.45) is 3.62. The first-order chi connectivity index (χ1) is 7.75. The summed E-state index contributed by atoms with van der Waals surface area (Å²) >= 11 is 0. The Bertz CT molecular complexity index is 304. The molecule has 1 fully saturated rings. The Kier molecular flexibility index (Phi) is 3.72. The third-order valence-electron chi connectivity index (χ3n) is 2.83. The molecule has 0 spiro atoms. The number of anilines is 1. The van der Waals surface area contributed by atoms with Crippen LogP contribution in [0.15, 0.2) is 18.5 Å². The average Bonchev–Trinajstić information content (AvgIpc) is 2.30. The van der Waals surface area contributed by atoms with Crippen LogP contribution in [0.3, 0.4) is 0 Å². The van der Waals surface area contributed by atoms with Gasteiger partial charge in [0.05, 0.1) is 0 Å². The van der Waals surface area contributed by atoms with E-state index in [4.69, 9.17) is 0 Å². The normalized spacial score (nSPS) is 18.1. The van der Waals surface area contributed by atoms with Gasteiger partial charge in [0.2, 0.25) is 5.95 Å². The Morgan fingerprint density at radius 3 is 2.31 bits per heavy atom. The SMILES string of the molecule is CC(C)CN1CCN(c2ncccn2)CC1. The Labute approximate surface area is 97.3 Å². The van der Waals surface area contributed by atoms with E-state index in [1.165, 1.54) is 6.54 Å². The molecule has 1 aromatic rings. The smallest absolute Gasteiger partial charge is 0.225 e. The highest BCUT2D eigenvalue weighted by atomic mass is 15.3. The van der Waals surface area contributed by atoms with Crippen LogP contribution in [0.25, 0.3) is 0 Å². The van der Waals surface area contributed by atoms with Crippen molar-refractivity contribution < 1.29 is 0 Å². The van der Waals surface area contributed by atoms with Crippen molar-refractivity contribution in [2.75, 3.05) is 37.6 Å². The summed E-state index contributed by atoms with van der Waals surface area (Å²) < 4.78 is 0. The standard InChI is InChI=1S/C12H20N4/c1-11(2)10-15-6-8-16(9-7-15)12-13-4-3-5-14-12/h3-5,11H,6-10H2,1-2H3. The zero-order valence-corrected chi connectivity index (χ0v) is 10.1. The van der Waals surface area contributed by atoms with E-state index in [2.05, 4.69) is 33.6 Å². The number of rotatable bonds is 3. The summed E-state index contributed by atoms with van der Waals surface area (Å²) in [4.78, 5) is 13.3. The van der Waals surface area contributed by atoms with E-state index in [1.54, 1.807) is 0 Å². The van der Waals surface area contributed by atoms with Gasteiger partial charge in [-0.05, 0) is 12.0 Å². The van der Waals surface area contributed by atoms with Crippen molar-refractivity contribution in [3.63, 3.8) is 0 Å². The molecule has 0 N–H and O–H groups in total. The van der Waals surface area contributed by atoms with Crippen molar-refractivity contribution in [2.24, 2.45) is 5.92 Å². The molecule has 2 rings (SSSR count). The molecular formula is C12H20N4. The maximum Gasteiger partial charge on any atom is 0.225 e. The van der Waals surface area contributed by atoms with Crippen molar-refractivity contribution in [1.82, 2.24) is 14.9 Å². The van der Waals surface area contributed by atoms with Crippen LogP contribution in [-0.2, 0) is 0 Å². The molecule has 0 amide bonds. The number of aromatic nitrogens is 2. The molecular weight excluding hydrogens is 200 g/mol. The fraction of sp³-hybridized carbons (Fsp3) is 0.667. The minimum Gasteiger partial charge on any atom is -0.338 e. The van der Waals surface area contributed by atoms with Gasteiger partial charge in [0.25, 0.3) is 0 Å². The summed E-state index contributed by atoms with van der Waals surface area (Å²) in [5, 5.41) is 0. The zero-order chi connectivity index (χ0) is 11.4. The van der Waals surface area contributed by atoms with Crippen molar-refractivity contribution in [2.45, 2.75) is 13.8 Å². The lowest BCUT2D eigenvalue weighted by atomic mass is 10.2. The number of hydrogen-bond donors (Lipinski definition) is 0. The lowest BCUT2D eigenvalue weighted by molar-refractivity contribution is 0.230. The first kappa shape index (κ1) is 11.3. The molecule has 1 aliphatic heterocycles. The van der Waals surface area contributed by atoms with Gasteiger partial charge in [-0.25, -0.2) is 9.97 Å². The second-order valence-electron chi connectivity index (χ2n) is 4.73. The predicted molar refractivity (Wildman–Crippen MR) is 65.5 cm³/mol. The minimum atomic E-state index is 0.750. The van der Waals surface area contributed by atoms with Gasteiger partial charge >= 0.3 is 0 Å². The van der Waals surface area contributed by atoms with Crippen LogP contribution in [0.5, 0.6) is 0 Å². The lowest BCUT2D eigenvalue weighted by Gasteiger charge is -2.35. The topological polar surface area (TPSA) is 32.3 Å². The third-order valence-corrected chi connectivity index (χ3v) is 2.83. The summed E-state index contributed by atoms with van der Waals surface area (Å²) in [5.41, 5.74) is 0. The van der Waals surface area contributed by atoms with Crippen molar-refractivity contribution in [3.8, 4) is 0 Å². The summed E-state index contributed by atoms with van der Waals surface area (Å²) in [5.74, 6) is 1.62. The molecule has 2 heterocycles. The molecule has 16 heavy (non-hydrogen) atoms. The van der Waals surface area contributed by atoms with E-state index in [0.29, 0.717) is 0 Å². The molecule has 88 valence electrons. The Hall–Kier alpha value is -1.16. The number of nitrogens with zero attached hydrogens (tertiary/aromatic N) is 4. The van der Waals surface area contributed by atoms with Gasteiger partial charge in [0.15, 0.2) is 0 Å². The fourth-order valence-electron chi connectivity index (χ4n) is 2.10. The first-order valence-electron chi connectivity index (χ1n) is 6.00. The molecule has 0 saturated carbocycles. The second kappa shape index (κ2) is 5.25. The van der Waals surface area contributed by atoms with Gasteiger partial charge in [-0.1, -0.05) is 13.8 Å². The van der Waals surface area contributed by atoms with Crippen LogP contribution >= 0.6 is 0 Å². The molecule has 4 heteroatoms. The molecule has 0 radical (unpaired) electrons. The average molecular weight is 220 g/mol. The van der Waals surface area contributed by atoms with E-state index in [-0.39, 0.29) is 0 Å². The maximum absolute atomic E-state index is 4.28. The van der Waals surface area contributed by atoms with Gasteiger partial charge < -0.3 is 4.90 Å². The molecule has 1 aliphatic rings. The van der Waals surface area contributed by atoms with Gasteiger partial charge in [-0.2, -0.15) is 0 Å². The van der Waals surface area contributed by atoms with Gasteiger partial charge in [0.1, 0.15) is 0 Å². The highest BCUT2D eigenvalue weighted by Crippen LogP contribution is 2.10. The van der Waals surface area contributed by atoms with E-state index in [1.807, 2.05) is 18.5 Å². The Balaban J connectivity index is 1.86. The van der Waals surface area contributed by atoms with Crippen molar-refractivity contribution in [3.05, 3.63) is 18.5 Å². The van der Waals surface area contributed by atoms with E-state index in [9.17, 15) is 0 Å². The van der Waals surface area contributed by atoms with Crippen LogP contribution in [-0.4, -0.2) is 47.6 Å². The van der Waals surface area contributed by atoms with E-state index in [0.717, 1.165) is 38.0 Å². The highest BCUT2D eigenvalue weighted by molar-refractivity contribution is 5.29. The third kappa shape index (κ3) is 2.92. The largest absolute Gasteiger partial charge is 0.338 e. The molecule has 0 aliphatic carbocycles. The Morgan fingerprint density at radius 1 is 1.12 bits per heavy atom. The minimum absolute atomic E-state index is 0.750. The molecule has 0 atom stereocenters. The molecule has 4 nitrogen and oxygen atoms in total. The number of hydrogen-bond acceptors (Lipinski definition) is 4. The van der Waals surface area contributed by atoms with Crippen LogP contribution in [0.1, 0.15) is 13.8 Å². The molecule has 0 aromatic carbocycles. The summed E-state index contributed by atoms with van der Waals surface area (Å²) in [7, 11) is 0. The van der Waals surface area contributed by atoms with E-state index >= 15 is 0 Å². The Morgan fingerprint density at radius 2 is 1.75 bits per heavy atom. The van der Waals surface area contributed by atoms with Gasteiger partial charge in [-0.15, -0.1) is 0 Å². The summed E-state index contributed by atoms with van der Waals surface area (Å²) in [6.45, 7) is 10.1. The monoisotopic (exact) mass is 220 g/mol. The van der Waals surface area contributed by atoms with E-state index < -0.39 is 0 Å². The lowest BCUT2D eigenvalue weighted by Crippen LogP contribution is -2.47. The van der Waals surface area contributed by atoms with Crippen LogP contribution in [0.4, 0.5) is 5.95 Å². The van der Waals surface area contributed by atoms with Crippen molar-refractivity contribution >= 4 is 5.95 Å². The van der Waals surface area contributed by atoms with Crippen LogP contribution in [0.2, 0.25) is 0 Å². The summed E-state index contributed by atoms with van der Waals surface area (Å²) in [6, 6.07) is 1.86. The van der Waals surface area contributed by atoms with Crippen LogP contribution in [0, 0.1) is 5.92 Å². The maximum atomic E-state index is 4.28. The highest BCUT2D eigenvalue weighted by Gasteiger charge is 2.18. The molecule has 0 bridgehead atoms. The van der Waals surface area contributed by atoms with Gasteiger partial charge in [-0.3, -0.25) is 4.90 Å². The zero-order valence-electron chi connectivity index (χ0n) is 10.1. The van der Waals surface area contributed by atoms with Gasteiger partial charge in [0, 0.05) is 45.1 Å². The molecule has 0 unspecified atom stereocenters. The molecule has 1 aromatic heterocycles. The number of piperazine rings is 1. The van der Waals surface area contributed by atoms with Crippen LogP contribution < -0.4 is 4.90 Å². The van der Waals surface area contributed by atoms with Crippen molar-refractivity contribution in [1.29, 1.82) is 0 Å². The fourth-order valence-corrected chi connectivity index (χ4v) is 2.10. The predicted octanol–water partition coefficient (Wildman–Crippen LogP) is 1.25. The quantitative estimate of drug-likeness (QED) is 0.767.